The van der Waals surface area contributed by atoms with E-state index in [2.05, 4.69) is 22.0 Å². The maximum Gasteiger partial charge on any atom is 0.270 e. The zero-order valence-electron chi connectivity index (χ0n) is 17.3. The molecule has 0 bridgehead atoms. The molecule has 1 saturated heterocycles. The van der Waals surface area contributed by atoms with Crippen LogP contribution < -0.4 is 4.74 Å². The summed E-state index contributed by atoms with van der Waals surface area (Å²) in [6.45, 7) is 8.52. The number of nitrogens with zero attached hydrogens (tertiary/aromatic N) is 2. The van der Waals surface area contributed by atoms with Crippen LogP contribution in [0.15, 0.2) is 24.3 Å². The average Bonchev–Trinajstić information content (AvgIpc) is 3.07. The van der Waals surface area contributed by atoms with Gasteiger partial charge >= 0.3 is 0 Å². The van der Waals surface area contributed by atoms with Crippen molar-refractivity contribution in [3.63, 3.8) is 0 Å². The Morgan fingerprint density at radius 2 is 1.83 bits per heavy atom. The van der Waals surface area contributed by atoms with E-state index < -0.39 is 0 Å². The quantitative estimate of drug-likeness (QED) is 0.844. The number of H-pyrrole nitrogens is 1. The Bertz CT molecular complexity index is 893. The van der Waals surface area contributed by atoms with E-state index >= 15 is 0 Å². The highest BCUT2D eigenvalue weighted by molar-refractivity contribution is 6.04. The summed E-state index contributed by atoms with van der Waals surface area (Å²) in [4.78, 5) is 32.8. The highest BCUT2D eigenvalue weighted by Crippen LogP contribution is 2.27. The molecule has 4 rings (SSSR count). The van der Waals surface area contributed by atoms with Crippen molar-refractivity contribution < 1.29 is 14.3 Å². The smallest absolute Gasteiger partial charge is 0.270 e. The first-order valence-electron chi connectivity index (χ1n) is 10.5. The van der Waals surface area contributed by atoms with E-state index in [1.165, 1.54) is 5.56 Å². The molecular formula is C23H29N3O3. The number of nitrogens with one attached hydrogen (secondary N) is 1. The number of benzene rings is 1. The Kier molecular flexibility index (Phi) is 5.72. The summed E-state index contributed by atoms with van der Waals surface area (Å²) in [7, 11) is 0. The summed E-state index contributed by atoms with van der Waals surface area (Å²) in [6, 6.07) is 8.23. The fourth-order valence-electron chi connectivity index (χ4n) is 4.37. The SMILES string of the molecule is CCOc1ccc(CN2CCN(C(=O)c3[nH]c4c(c3C)C(=O)CCC4)CC2)cc1. The first-order chi connectivity index (χ1) is 14.1. The Morgan fingerprint density at radius 1 is 1.10 bits per heavy atom. The van der Waals surface area contributed by atoms with Crippen LogP contribution in [-0.4, -0.2) is 59.3 Å². The number of rotatable bonds is 5. The van der Waals surface area contributed by atoms with Crippen molar-refractivity contribution in [2.45, 2.75) is 39.7 Å². The summed E-state index contributed by atoms with van der Waals surface area (Å²) < 4.78 is 5.50. The van der Waals surface area contributed by atoms with Crippen molar-refractivity contribution in [1.82, 2.24) is 14.8 Å². The second-order valence-corrected chi connectivity index (χ2v) is 7.90. The number of piperazine rings is 1. The maximum atomic E-state index is 13.1. The Labute approximate surface area is 171 Å². The molecular weight excluding hydrogens is 366 g/mol. The molecule has 1 aliphatic heterocycles. The highest BCUT2D eigenvalue weighted by atomic mass is 16.5. The largest absolute Gasteiger partial charge is 0.494 e. The number of hydrogen-bond acceptors (Lipinski definition) is 4. The minimum atomic E-state index is 0.0189. The highest BCUT2D eigenvalue weighted by Gasteiger charge is 2.29. The van der Waals surface area contributed by atoms with E-state index in [9.17, 15) is 9.59 Å². The van der Waals surface area contributed by atoms with Crippen LogP contribution in [0.25, 0.3) is 0 Å². The predicted molar refractivity (Wildman–Crippen MR) is 112 cm³/mol. The lowest BCUT2D eigenvalue weighted by Crippen LogP contribution is -2.48. The van der Waals surface area contributed by atoms with Crippen molar-refractivity contribution in [3.8, 4) is 5.75 Å². The van der Waals surface area contributed by atoms with Gasteiger partial charge in [0.2, 0.25) is 0 Å². The molecule has 0 radical (unpaired) electrons. The Balaban J connectivity index is 1.36. The molecule has 1 amide bonds. The van der Waals surface area contributed by atoms with Crippen molar-refractivity contribution in [1.29, 1.82) is 0 Å². The number of carbonyl (C=O) groups is 2. The Hall–Kier alpha value is -2.60. The van der Waals surface area contributed by atoms with Gasteiger partial charge in [0, 0.05) is 50.4 Å². The van der Waals surface area contributed by atoms with E-state index in [0.29, 0.717) is 31.8 Å². The minimum Gasteiger partial charge on any atom is -0.494 e. The van der Waals surface area contributed by atoms with Crippen LogP contribution in [-0.2, 0) is 13.0 Å². The molecule has 1 aromatic carbocycles. The second-order valence-electron chi connectivity index (χ2n) is 7.90. The number of ether oxygens (including phenoxy) is 1. The maximum absolute atomic E-state index is 13.1. The van der Waals surface area contributed by atoms with Crippen LogP contribution in [0, 0.1) is 6.92 Å². The van der Waals surface area contributed by atoms with Gasteiger partial charge in [-0.15, -0.1) is 0 Å². The monoisotopic (exact) mass is 395 g/mol. The third kappa shape index (κ3) is 4.08. The summed E-state index contributed by atoms with van der Waals surface area (Å²) in [5.74, 6) is 1.08. The molecule has 0 unspecified atom stereocenters. The second kappa shape index (κ2) is 8.41. The lowest BCUT2D eigenvalue weighted by Gasteiger charge is -2.34. The molecule has 6 nitrogen and oxygen atoms in total. The molecule has 6 heteroatoms. The summed E-state index contributed by atoms with van der Waals surface area (Å²) >= 11 is 0. The molecule has 2 aromatic rings. The van der Waals surface area contributed by atoms with Gasteiger partial charge in [0.25, 0.3) is 5.91 Å². The average molecular weight is 396 g/mol. The first kappa shape index (κ1) is 19.7. The summed E-state index contributed by atoms with van der Waals surface area (Å²) in [5.41, 5.74) is 4.38. The van der Waals surface area contributed by atoms with E-state index in [1.807, 2.05) is 30.9 Å². The number of aryl methyl sites for hydroxylation is 1. The summed E-state index contributed by atoms with van der Waals surface area (Å²) in [5, 5.41) is 0. The molecule has 2 aliphatic rings. The number of aromatic nitrogens is 1. The lowest BCUT2D eigenvalue weighted by molar-refractivity contribution is 0.0622. The normalized spacial score (nSPS) is 17.3. The minimum absolute atomic E-state index is 0.0189. The molecule has 1 aliphatic carbocycles. The van der Waals surface area contributed by atoms with E-state index in [4.69, 9.17) is 4.74 Å². The molecule has 29 heavy (non-hydrogen) atoms. The van der Waals surface area contributed by atoms with Crippen LogP contribution >= 0.6 is 0 Å². The molecule has 0 spiro atoms. The van der Waals surface area contributed by atoms with Gasteiger partial charge in [0.1, 0.15) is 11.4 Å². The number of Topliss-reactive ketones (excluding diaryl/α,β-unsaturated/α-hetero) is 1. The van der Waals surface area contributed by atoms with E-state index in [-0.39, 0.29) is 11.7 Å². The van der Waals surface area contributed by atoms with Gasteiger partial charge in [-0.1, -0.05) is 12.1 Å². The molecule has 1 fully saturated rings. The van der Waals surface area contributed by atoms with Gasteiger partial charge in [0.15, 0.2) is 5.78 Å². The van der Waals surface area contributed by atoms with Gasteiger partial charge in [-0.05, 0) is 49.9 Å². The van der Waals surface area contributed by atoms with Crippen LogP contribution in [0.2, 0.25) is 0 Å². The Morgan fingerprint density at radius 3 is 2.48 bits per heavy atom. The molecule has 0 saturated carbocycles. The molecule has 154 valence electrons. The number of ketones is 1. The lowest BCUT2D eigenvalue weighted by atomic mass is 9.93. The van der Waals surface area contributed by atoms with Crippen molar-refractivity contribution in [2.24, 2.45) is 0 Å². The van der Waals surface area contributed by atoms with Crippen molar-refractivity contribution in [3.05, 3.63) is 52.3 Å². The standard InChI is InChI=1S/C23H29N3O3/c1-3-29-18-9-7-17(8-10-18)15-25-11-13-26(14-12-25)23(28)22-16(2)21-19(24-22)5-4-6-20(21)27/h7-10,24H,3-6,11-15H2,1-2H3. The first-order valence-corrected chi connectivity index (χ1v) is 10.5. The fourth-order valence-corrected chi connectivity index (χ4v) is 4.37. The zero-order chi connectivity index (χ0) is 20.4. The number of fused-ring (bicyclic) bond motifs is 1. The number of hydrogen-bond donors (Lipinski definition) is 1. The van der Waals surface area contributed by atoms with Gasteiger partial charge in [-0.3, -0.25) is 14.5 Å². The van der Waals surface area contributed by atoms with Gasteiger partial charge in [-0.2, -0.15) is 0 Å². The number of aromatic amines is 1. The molecule has 1 aromatic heterocycles. The van der Waals surface area contributed by atoms with Crippen LogP contribution in [0.3, 0.4) is 0 Å². The molecule has 0 atom stereocenters. The van der Waals surface area contributed by atoms with Gasteiger partial charge in [0.05, 0.1) is 6.61 Å². The van der Waals surface area contributed by atoms with Crippen LogP contribution in [0.4, 0.5) is 0 Å². The van der Waals surface area contributed by atoms with Crippen LogP contribution in [0.1, 0.15) is 57.4 Å². The topological polar surface area (TPSA) is 65.6 Å². The van der Waals surface area contributed by atoms with Crippen molar-refractivity contribution in [2.75, 3.05) is 32.8 Å². The third-order valence-electron chi connectivity index (χ3n) is 5.95. The van der Waals surface area contributed by atoms with Gasteiger partial charge in [-0.25, -0.2) is 0 Å². The number of carbonyl (C=O) groups excluding carboxylic acids is 2. The number of amides is 1. The van der Waals surface area contributed by atoms with E-state index in [0.717, 1.165) is 55.0 Å². The van der Waals surface area contributed by atoms with Gasteiger partial charge < -0.3 is 14.6 Å². The predicted octanol–water partition coefficient (Wildman–Crippen LogP) is 3.20. The third-order valence-corrected chi connectivity index (χ3v) is 5.95. The van der Waals surface area contributed by atoms with Crippen LogP contribution in [0.5, 0.6) is 5.75 Å². The van der Waals surface area contributed by atoms with E-state index in [1.54, 1.807) is 0 Å². The fraction of sp³-hybridized carbons (Fsp3) is 0.478. The summed E-state index contributed by atoms with van der Waals surface area (Å²) in [6.07, 6.45) is 2.30. The molecule has 2 heterocycles. The zero-order valence-corrected chi connectivity index (χ0v) is 17.3. The molecule has 1 N–H and O–H groups in total. The van der Waals surface area contributed by atoms with Crippen molar-refractivity contribution >= 4 is 11.7 Å².